The first-order valence-electron chi connectivity index (χ1n) is 10.0. The summed E-state index contributed by atoms with van der Waals surface area (Å²) in [6.45, 7) is 4.56. The number of amides is 2. The Kier molecular flexibility index (Phi) is 6.67. The largest absolute Gasteiger partial charge is 0.353 e. The van der Waals surface area contributed by atoms with Gasteiger partial charge in [-0.2, -0.15) is 0 Å². The molecule has 3 rings (SSSR count). The molecule has 2 unspecified atom stereocenters. The summed E-state index contributed by atoms with van der Waals surface area (Å²) in [6, 6.07) is 10.6. The molecule has 2 heterocycles. The topological polar surface area (TPSA) is 61.4 Å². The van der Waals surface area contributed by atoms with Gasteiger partial charge < -0.3 is 15.5 Å². The molecule has 0 saturated carbocycles. The fourth-order valence-corrected chi connectivity index (χ4v) is 4.14. The molecule has 0 aromatic heterocycles. The first-order valence-corrected chi connectivity index (χ1v) is 10.0. The maximum absolute atomic E-state index is 12.9. The van der Waals surface area contributed by atoms with Crippen molar-refractivity contribution in [3.8, 4) is 0 Å². The molecule has 2 aliphatic heterocycles. The Labute approximate surface area is 156 Å². The molecule has 1 aromatic rings. The predicted molar refractivity (Wildman–Crippen MR) is 103 cm³/mol. The number of nitrogens with zero attached hydrogens (tertiary/aromatic N) is 1. The molecule has 0 radical (unpaired) electrons. The van der Waals surface area contributed by atoms with Crippen molar-refractivity contribution in [3.05, 3.63) is 35.9 Å². The van der Waals surface area contributed by atoms with Crippen LogP contribution in [0.3, 0.4) is 0 Å². The Morgan fingerprint density at radius 2 is 1.92 bits per heavy atom. The Morgan fingerprint density at radius 3 is 2.54 bits per heavy atom. The number of piperidine rings is 1. The van der Waals surface area contributed by atoms with Gasteiger partial charge >= 0.3 is 0 Å². The fraction of sp³-hybridized carbons (Fsp3) is 0.619. The highest BCUT2D eigenvalue weighted by Crippen LogP contribution is 2.24. The van der Waals surface area contributed by atoms with E-state index in [2.05, 4.69) is 17.6 Å². The van der Waals surface area contributed by atoms with Crippen LogP contribution < -0.4 is 10.6 Å². The molecular weight excluding hydrogens is 326 g/mol. The van der Waals surface area contributed by atoms with Gasteiger partial charge in [0.05, 0.1) is 5.92 Å². The molecule has 2 amide bonds. The molecule has 0 spiro atoms. The SMILES string of the molecule is CCC(C(=O)N1CCC(NC(=O)CC2CCCN2)CC1)c1ccccc1. The minimum atomic E-state index is -0.0595. The zero-order valence-corrected chi connectivity index (χ0v) is 15.7. The van der Waals surface area contributed by atoms with E-state index in [1.165, 1.54) is 6.42 Å². The molecule has 26 heavy (non-hydrogen) atoms. The van der Waals surface area contributed by atoms with Crippen LogP contribution >= 0.6 is 0 Å². The molecule has 0 aliphatic carbocycles. The summed E-state index contributed by atoms with van der Waals surface area (Å²) in [5.74, 6) is 0.305. The van der Waals surface area contributed by atoms with E-state index in [1.807, 2.05) is 35.2 Å². The second kappa shape index (κ2) is 9.17. The third-order valence-corrected chi connectivity index (χ3v) is 5.67. The van der Waals surface area contributed by atoms with Gasteiger partial charge in [0.2, 0.25) is 11.8 Å². The molecule has 142 valence electrons. The van der Waals surface area contributed by atoms with Crippen molar-refractivity contribution < 1.29 is 9.59 Å². The van der Waals surface area contributed by atoms with Gasteiger partial charge in [-0.25, -0.2) is 0 Å². The maximum atomic E-state index is 12.9. The Balaban J connectivity index is 1.46. The third-order valence-electron chi connectivity index (χ3n) is 5.67. The average molecular weight is 357 g/mol. The lowest BCUT2D eigenvalue weighted by Gasteiger charge is -2.34. The summed E-state index contributed by atoms with van der Waals surface area (Å²) >= 11 is 0. The average Bonchev–Trinajstić information content (AvgIpc) is 3.16. The van der Waals surface area contributed by atoms with Crippen molar-refractivity contribution in [1.82, 2.24) is 15.5 Å². The highest BCUT2D eigenvalue weighted by molar-refractivity contribution is 5.84. The van der Waals surface area contributed by atoms with E-state index in [0.717, 1.165) is 50.9 Å². The van der Waals surface area contributed by atoms with Crippen LogP contribution in [0.2, 0.25) is 0 Å². The van der Waals surface area contributed by atoms with Crippen LogP contribution in [0.5, 0.6) is 0 Å². The van der Waals surface area contributed by atoms with Gasteiger partial charge in [-0.15, -0.1) is 0 Å². The zero-order valence-electron chi connectivity index (χ0n) is 15.7. The zero-order chi connectivity index (χ0) is 18.4. The molecule has 0 bridgehead atoms. The number of rotatable bonds is 6. The lowest BCUT2D eigenvalue weighted by atomic mass is 9.93. The summed E-state index contributed by atoms with van der Waals surface area (Å²) < 4.78 is 0. The van der Waals surface area contributed by atoms with Crippen LogP contribution in [0.1, 0.15) is 56.9 Å². The number of hydrogen-bond acceptors (Lipinski definition) is 3. The van der Waals surface area contributed by atoms with Crippen LogP contribution in [0.4, 0.5) is 0 Å². The normalized spacial score (nSPS) is 22.2. The maximum Gasteiger partial charge on any atom is 0.230 e. The van der Waals surface area contributed by atoms with Crippen LogP contribution in [0.25, 0.3) is 0 Å². The molecule has 5 nitrogen and oxygen atoms in total. The van der Waals surface area contributed by atoms with Gasteiger partial charge in [0.15, 0.2) is 0 Å². The standard InChI is InChI=1S/C21H31N3O2/c1-2-19(16-7-4-3-5-8-16)21(26)24-13-10-17(11-14-24)23-20(25)15-18-9-6-12-22-18/h3-5,7-8,17-19,22H,2,6,9-15H2,1H3,(H,23,25). The summed E-state index contributed by atoms with van der Waals surface area (Å²) in [6.07, 6.45) is 5.34. The van der Waals surface area contributed by atoms with Gasteiger partial charge in [-0.1, -0.05) is 37.3 Å². The van der Waals surface area contributed by atoms with E-state index in [4.69, 9.17) is 0 Å². The summed E-state index contributed by atoms with van der Waals surface area (Å²) in [5.41, 5.74) is 1.10. The summed E-state index contributed by atoms with van der Waals surface area (Å²) in [5, 5.41) is 6.53. The van der Waals surface area contributed by atoms with Crippen molar-refractivity contribution in [1.29, 1.82) is 0 Å². The van der Waals surface area contributed by atoms with Gasteiger partial charge in [-0.05, 0) is 44.2 Å². The van der Waals surface area contributed by atoms with Crippen molar-refractivity contribution in [2.45, 2.75) is 63.5 Å². The molecule has 2 fully saturated rings. The van der Waals surface area contributed by atoms with E-state index in [1.54, 1.807) is 0 Å². The van der Waals surface area contributed by atoms with Crippen molar-refractivity contribution >= 4 is 11.8 Å². The van der Waals surface area contributed by atoms with E-state index >= 15 is 0 Å². The molecule has 5 heteroatoms. The van der Waals surface area contributed by atoms with Crippen molar-refractivity contribution in [2.75, 3.05) is 19.6 Å². The smallest absolute Gasteiger partial charge is 0.230 e. The van der Waals surface area contributed by atoms with Crippen LogP contribution in [0.15, 0.2) is 30.3 Å². The monoisotopic (exact) mass is 357 g/mol. The Hall–Kier alpha value is -1.88. The molecule has 2 N–H and O–H groups in total. The lowest BCUT2D eigenvalue weighted by Crippen LogP contribution is -2.48. The number of hydrogen-bond donors (Lipinski definition) is 2. The van der Waals surface area contributed by atoms with Gasteiger partial charge in [-0.3, -0.25) is 9.59 Å². The molecule has 1 aromatic carbocycles. The van der Waals surface area contributed by atoms with E-state index in [9.17, 15) is 9.59 Å². The Morgan fingerprint density at radius 1 is 1.19 bits per heavy atom. The van der Waals surface area contributed by atoms with Crippen LogP contribution in [0, 0.1) is 0 Å². The van der Waals surface area contributed by atoms with E-state index in [0.29, 0.717) is 12.5 Å². The highest BCUT2D eigenvalue weighted by atomic mass is 16.2. The quantitative estimate of drug-likeness (QED) is 0.822. The number of carbonyl (C=O) groups is 2. The lowest BCUT2D eigenvalue weighted by molar-refractivity contribution is -0.134. The first-order chi connectivity index (χ1) is 12.7. The van der Waals surface area contributed by atoms with Crippen molar-refractivity contribution in [3.63, 3.8) is 0 Å². The van der Waals surface area contributed by atoms with Crippen LogP contribution in [-0.4, -0.2) is 48.4 Å². The molecular formula is C21H31N3O2. The van der Waals surface area contributed by atoms with E-state index in [-0.39, 0.29) is 23.8 Å². The minimum absolute atomic E-state index is 0.0595. The minimum Gasteiger partial charge on any atom is -0.353 e. The van der Waals surface area contributed by atoms with Crippen molar-refractivity contribution in [2.24, 2.45) is 0 Å². The number of nitrogens with one attached hydrogen (secondary N) is 2. The Bertz CT molecular complexity index is 591. The van der Waals surface area contributed by atoms with Gasteiger partial charge in [0.1, 0.15) is 0 Å². The van der Waals surface area contributed by atoms with Crippen LogP contribution in [-0.2, 0) is 9.59 Å². The van der Waals surface area contributed by atoms with Gasteiger partial charge in [0, 0.05) is 31.6 Å². The molecule has 2 atom stereocenters. The number of likely N-dealkylation sites (tertiary alicyclic amines) is 1. The summed E-state index contributed by atoms with van der Waals surface area (Å²) in [4.78, 5) is 27.1. The number of carbonyl (C=O) groups excluding carboxylic acids is 2. The second-order valence-electron chi connectivity index (χ2n) is 7.54. The molecule has 2 saturated heterocycles. The van der Waals surface area contributed by atoms with Gasteiger partial charge in [0.25, 0.3) is 0 Å². The number of benzene rings is 1. The third kappa shape index (κ3) is 4.85. The highest BCUT2D eigenvalue weighted by Gasteiger charge is 2.29. The first kappa shape index (κ1) is 18.9. The van der Waals surface area contributed by atoms with E-state index < -0.39 is 0 Å². The molecule has 2 aliphatic rings. The fourth-order valence-electron chi connectivity index (χ4n) is 4.14. The summed E-state index contributed by atoms with van der Waals surface area (Å²) in [7, 11) is 0. The second-order valence-corrected chi connectivity index (χ2v) is 7.54. The predicted octanol–water partition coefficient (Wildman–Crippen LogP) is 2.43.